The van der Waals surface area contributed by atoms with Crippen LogP contribution in [0.2, 0.25) is 0 Å². The lowest BCUT2D eigenvalue weighted by molar-refractivity contribution is -0.136. The number of nitrogens with zero attached hydrogens (tertiary/aromatic N) is 2. The van der Waals surface area contributed by atoms with E-state index in [1.165, 1.54) is 0 Å². The Bertz CT molecular complexity index is 630. The molecule has 1 aromatic carbocycles. The van der Waals surface area contributed by atoms with Crippen molar-refractivity contribution < 1.29 is 9.59 Å². The van der Waals surface area contributed by atoms with Gasteiger partial charge in [0.25, 0.3) is 0 Å². The van der Waals surface area contributed by atoms with E-state index >= 15 is 0 Å². The molecule has 140 valence electrons. The van der Waals surface area contributed by atoms with Crippen LogP contribution in [0.3, 0.4) is 0 Å². The van der Waals surface area contributed by atoms with E-state index in [0.29, 0.717) is 25.3 Å². The molecule has 2 rings (SSSR count). The number of hydrogen-bond acceptors (Lipinski definition) is 4. The zero-order valence-electron chi connectivity index (χ0n) is 14.7. The first-order chi connectivity index (χ1) is 12.6. The predicted octanol–water partition coefficient (Wildman–Crippen LogP) is 0.419. The molecule has 26 heavy (non-hydrogen) atoms. The van der Waals surface area contributed by atoms with E-state index in [-0.39, 0.29) is 0 Å². The molecular formula is C18H25N5O2S. The molecule has 1 saturated heterocycles. The van der Waals surface area contributed by atoms with Gasteiger partial charge in [-0.3, -0.25) is 14.5 Å². The van der Waals surface area contributed by atoms with Crippen LogP contribution in [0.25, 0.3) is 0 Å². The number of carbonyl (C=O) groups excluding carboxylic acids is 2. The molecule has 0 unspecified atom stereocenters. The average Bonchev–Trinajstić information content (AvgIpc) is 2.67. The number of anilines is 1. The van der Waals surface area contributed by atoms with Gasteiger partial charge in [0.1, 0.15) is 0 Å². The van der Waals surface area contributed by atoms with Gasteiger partial charge >= 0.3 is 11.8 Å². The predicted molar refractivity (Wildman–Crippen MR) is 107 cm³/mol. The van der Waals surface area contributed by atoms with Gasteiger partial charge in [0.15, 0.2) is 5.11 Å². The SMILES string of the molecule is C=CCNC(=S)N1CCN(CCNC(=O)C(=O)Nc2ccccc2)CC1. The van der Waals surface area contributed by atoms with Gasteiger partial charge in [-0.2, -0.15) is 0 Å². The average molecular weight is 375 g/mol. The minimum atomic E-state index is -0.653. The second-order valence-electron chi connectivity index (χ2n) is 5.88. The molecule has 1 aromatic rings. The lowest BCUT2D eigenvalue weighted by atomic mass is 10.3. The molecule has 2 amide bonds. The molecular weight excluding hydrogens is 350 g/mol. The third kappa shape index (κ3) is 6.45. The van der Waals surface area contributed by atoms with Crippen molar-refractivity contribution in [1.82, 2.24) is 20.4 Å². The highest BCUT2D eigenvalue weighted by atomic mass is 32.1. The highest BCUT2D eigenvalue weighted by Crippen LogP contribution is 2.04. The van der Waals surface area contributed by atoms with Crippen LogP contribution < -0.4 is 16.0 Å². The minimum Gasteiger partial charge on any atom is -0.359 e. The molecule has 7 nitrogen and oxygen atoms in total. The fourth-order valence-corrected chi connectivity index (χ4v) is 2.83. The highest BCUT2D eigenvalue weighted by Gasteiger charge is 2.19. The summed E-state index contributed by atoms with van der Waals surface area (Å²) in [5, 5.41) is 9.09. The molecule has 0 atom stereocenters. The number of para-hydroxylation sites is 1. The van der Waals surface area contributed by atoms with Crippen molar-refractivity contribution in [3.05, 3.63) is 43.0 Å². The zero-order valence-corrected chi connectivity index (χ0v) is 15.6. The lowest BCUT2D eigenvalue weighted by Crippen LogP contribution is -2.53. The van der Waals surface area contributed by atoms with Gasteiger partial charge < -0.3 is 20.9 Å². The van der Waals surface area contributed by atoms with Crippen molar-refractivity contribution in [2.75, 3.05) is 51.1 Å². The van der Waals surface area contributed by atoms with Crippen molar-refractivity contribution in [1.29, 1.82) is 0 Å². The summed E-state index contributed by atoms with van der Waals surface area (Å²) in [6.45, 7) is 8.86. The summed E-state index contributed by atoms with van der Waals surface area (Å²) in [7, 11) is 0. The van der Waals surface area contributed by atoms with Gasteiger partial charge in [-0.25, -0.2) is 0 Å². The first kappa shape index (κ1) is 19.9. The van der Waals surface area contributed by atoms with Crippen molar-refractivity contribution in [3.8, 4) is 0 Å². The third-order valence-corrected chi connectivity index (χ3v) is 4.41. The molecule has 0 spiro atoms. The number of nitrogens with one attached hydrogen (secondary N) is 3. The standard InChI is InChI=1S/C18H25N5O2S/c1-2-8-20-18(26)23-13-11-22(12-14-23)10-9-19-16(24)17(25)21-15-6-4-3-5-7-15/h2-7H,1,8-14H2,(H,19,24)(H,20,26)(H,21,25). The normalized spacial score (nSPS) is 14.4. The number of thiocarbonyl (C=S) groups is 1. The van der Waals surface area contributed by atoms with Crippen LogP contribution in [0, 0.1) is 0 Å². The lowest BCUT2D eigenvalue weighted by Gasteiger charge is -2.36. The van der Waals surface area contributed by atoms with Crippen LogP contribution in [-0.4, -0.2) is 72.5 Å². The van der Waals surface area contributed by atoms with Gasteiger partial charge in [-0.15, -0.1) is 6.58 Å². The van der Waals surface area contributed by atoms with Gasteiger partial charge in [0.05, 0.1) is 0 Å². The Morgan fingerprint density at radius 2 is 1.77 bits per heavy atom. The van der Waals surface area contributed by atoms with E-state index in [1.54, 1.807) is 30.3 Å². The van der Waals surface area contributed by atoms with Crippen LogP contribution in [0.1, 0.15) is 0 Å². The van der Waals surface area contributed by atoms with Crippen LogP contribution in [0.15, 0.2) is 43.0 Å². The molecule has 3 N–H and O–H groups in total. The first-order valence-corrected chi connectivity index (χ1v) is 9.01. The molecule has 0 bridgehead atoms. The van der Waals surface area contributed by atoms with E-state index in [0.717, 1.165) is 31.3 Å². The van der Waals surface area contributed by atoms with E-state index < -0.39 is 11.8 Å². The molecule has 1 aliphatic heterocycles. The number of piperazine rings is 1. The summed E-state index contributed by atoms with van der Waals surface area (Å²) in [6.07, 6.45) is 1.78. The summed E-state index contributed by atoms with van der Waals surface area (Å²) in [4.78, 5) is 28.0. The topological polar surface area (TPSA) is 76.7 Å². The van der Waals surface area contributed by atoms with Gasteiger partial charge in [0.2, 0.25) is 0 Å². The van der Waals surface area contributed by atoms with Crippen molar-refractivity contribution in [2.45, 2.75) is 0 Å². The summed E-state index contributed by atoms with van der Waals surface area (Å²) >= 11 is 5.33. The van der Waals surface area contributed by atoms with E-state index in [2.05, 4.69) is 32.3 Å². The maximum atomic E-state index is 11.8. The fraction of sp³-hybridized carbons (Fsp3) is 0.389. The quantitative estimate of drug-likeness (QED) is 0.380. The van der Waals surface area contributed by atoms with E-state index in [4.69, 9.17) is 12.2 Å². The van der Waals surface area contributed by atoms with Gasteiger partial charge in [-0.1, -0.05) is 24.3 Å². The molecule has 0 aromatic heterocycles. The summed E-state index contributed by atoms with van der Waals surface area (Å²) in [5.74, 6) is -1.28. The number of hydrogen-bond donors (Lipinski definition) is 3. The van der Waals surface area contributed by atoms with Crippen LogP contribution in [0.5, 0.6) is 0 Å². The maximum Gasteiger partial charge on any atom is 0.313 e. The molecule has 1 aliphatic rings. The van der Waals surface area contributed by atoms with Gasteiger partial charge in [0, 0.05) is 51.5 Å². The Labute approximate surface area is 159 Å². The maximum absolute atomic E-state index is 11.8. The number of carbonyl (C=O) groups is 2. The molecule has 1 fully saturated rings. The summed E-state index contributed by atoms with van der Waals surface area (Å²) in [5.41, 5.74) is 0.602. The summed E-state index contributed by atoms with van der Waals surface area (Å²) in [6, 6.07) is 8.91. The largest absolute Gasteiger partial charge is 0.359 e. The van der Waals surface area contributed by atoms with Crippen molar-refractivity contribution in [3.63, 3.8) is 0 Å². The summed E-state index contributed by atoms with van der Waals surface area (Å²) < 4.78 is 0. The molecule has 0 radical (unpaired) electrons. The second kappa shape index (κ2) is 10.5. The van der Waals surface area contributed by atoms with Crippen molar-refractivity contribution in [2.24, 2.45) is 0 Å². The Hall–Kier alpha value is -2.45. The second-order valence-corrected chi connectivity index (χ2v) is 6.27. The van der Waals surface area contributed by atoms with E-state index in [1.807, 2.05) is 6.07 Å². The Morgan fingerprint density at radius 3 is 2.42 bits per heavy atom. The van der Waals surface area contributed by atoms with Gasteiger partial charge in [-0.05, 0) is 24.4 Å². The van der Waals surface area contributed by atoms with Crippen molar-refractivity contribution >= 4 is 34.8 Å². The Kier molecular flexibility index (Phi) is 8.04. The van der Waals surface area contributed by atoms with E-state index in [9.17, 15) is 9.59 Å². The molecule has 0 aliphatic carbocycles. The van der Waals surface area contributed by atoms with Crippen LogP contribution in [0.4, 0.5) is 5.69 Å². The number of benzene rings is 1. The number of rotatable bonds is 6. The highest BCUT2D eigenvalue weighted by molar-refractivity contribution is 7.80. The third-order valence-electron chi connectivity index (χ3n) is 4.01. The zero-order chi connectivity index (χ0) is 18.8. The Balaban J connectivity index is 1.62. The molecule has 8 heteroatoms. The smallest absolute Gasteiger partial charge is 0.313 e. The van der Waals surface area contributed by atoms with Crippen LogP contribution >= 0.6 is 12.2 Å². The molecule has 1 heterocycles. The Morgan fingerprint density at radius 1 is 1.08 bits per heavy atom. The first-order valence-electron chi connectivity index (χ1n) is 8.60. The van der Waals surface area contributed by atoms with Crippen LogP contribution in [-0.2, 0) is 9.59 Å². The minimum absolute atomic E-state index is 0.431. The fourth-order valence-electron chi connectivity index (χ4n) is 2.56. The molecule has 0 saturated carbocycles. The monoisotopic (exact) mass is 375 g/mol. The number of amides is 2.